The Morgan fingerprint density at radius 2 is 1.87 bits per heavy atom. The lowest BCUT2D eigenvalue weighted by Gasteiger charge is -2.29. The Morgan fingerprint density at radius 1 is 1.19 bits per heavy atom. The van der Waals surface area contributed by atoms with E-state index in [9.17, 15) is 23.3 Å². The number of nitrogens with zero attached hydrogens (tertiary/aromatic N) is 2. The Balaban J connectivity index is 2.13. The van der Waals surface area contributed by atoms with E-state index in [1.54, 1.807) is 6.92 Å². The topological polar surface area (TPSA) is 119 Å². The predicted octanol–water partition coefficient (Wildman–Crippen LogP) is 2.87. The number of non-ortho nitro benzene ring substituents is 1. The SMILES string of the molecule is Cc1ccc([N+](=O)[O-])cc1N(C(C)C(=O)NCCOc1cccc(C)c1C)S(C)(=O)=O. The van der Waals surface area contributed by atoms with Gasteiger partial charge in [-0.1, -0.05) is 18.2 Å². The molecule has 0 aliphatic rings. The van der Waals surface area contributed by atoms with E-state index in [0.717, 1.165) is 27.8 Å². The summed E-state index contributed by atoms with van der Waals surface area (Å²) in [6.07, 6.45) is 0.957. The van der Waals surface area contributed by atoms with E-state index in [1.807, 2.05) is 32.0 Å². The summed E-state index contributed by atoms with van der Waals surface area (Å²) < 4.78 is 31.5. The summed E-state index contributed by atoms with van der Waals surface area (Å²) in [6, 6.07) is 8.47. The summed E-state index contributed by atoms with van der Waals surface area (Å²) in [4.78, 5) is 23.2. The zero-order valence-electron chi connectivity index (χ0n) is 18.2. The molecule has 2 aromatic carbocycles. The average molecular weight is 450 g/mol. The van der Waals surface area contributed by atoms with E-state index in [2.05, 4.69) is 5.32 Å². The van der Waals surface area contributed by atoms with Crippen LogP contribution < -0.4 is 14.4 Å². The fourth-order valence-corrected chi connectivity index (χ4v) is 4.32. The van der Waals surface area contributed by atoms with Gasteiger partial charge in [0.25, 0.3) is 5.69 Å². The maximum absolute atomic E-state index is 12.7. The number of hydrogen-bond acceptors (Lipinski definition) is 6. The number of ether oxygens (including phenoxy) is 1. The van der Waals surface area contributed by atoms with Crippen molar-refractivity contribution in [2.24, 2.45) is 0 Å². The number of anilines is 1. The van der Waals surface area contributed by atoms with Crippen LogP contribution in [0.2, 0.25) is 0 Å². The number of benzene rings is 2. The van der Waals surface area contributed by atoms with E-state index >= 15 is 0 Å². The number of amides is 1. The highest BCUT2D eigenvalue weighted by molar-refractivity contribution is 7.92. The van der Waals surface area contributed by atoms with Crippen LogP contribution in [-0.2, 0) is 14.8 Å². The van der Waals surface area contributed by atoms with Crippen LogP contribution in [0.1, 0.15) is 23.6 Å². The number of nitro benzene ring substituents is 1. The molecule has 0 radical (unpaired) electrons. The van der Waals surface area contributed by atoms with Gasteiger partial charge in [-0.25, -0.2) is 8.42 Å². The second kappa shape index (κ2) is 9.78. The van der Waals surface area contributed by atoms with Gasteiger partial charge >= 0.3 is 0 Å². The molecule has 0 bridgehead atoms. The highest BCUT2D eigenvalue weighted by atomic mass is 32.2. The minimum Gasteiger partial charge on any atom is -0.491 e. The Labute approximate surface area is 182 Å². The van der Waals surface area contributed by atoms with Gasteiger partial charge in [-0.3, -0.25) is 19.2 Å². The number of aryl methyl sites for hydroxylation is 2. The molecule has 1 atom stereocenters. The predicted molar refractivity (Wildman–Crippen MR) is 119 cm³/mol. The van der Waals surface area contributed by atoms with Crippen molar-refractivity contribution >= 4 is 27.3 Å². The van der Waals surface area contributed by atoms with E-state index in [0.29, 0.717) is 11.3 Å². The molecule has 9 nitrogen and oxygen atoms in total. The van der Waals surface area contributed by atoms with E-state index < -0.39 is 26.9 Å². The molecule has 168 valence electrons. The second-order valence-electron chi connectivity index (χ2n) is 7.30. The number of hydrogen-bond donors (Lipinski definition) is 1. The molecule has 0 heterocycles. The molecule has 2 aromatic rings. The molecule has 0 aliphatic heterocycles. The zero-order chi connectivity index (χ0) is 23.3. The summed E-state index contributed by atoms with van der Waals surface area (Å²) in [5.74, 6) is 0.174. The normalized spacial score (nSPS) is 12.2. The summed E-state index contributed by atoms with van der Waals surface area (Å²) >= 11 is 0. The number of rotatable bonds is 9. The van der Waals surface area contributed by atoms with Crippen LogP contribution in [0, 0.1) is 30.9 Å². The summed E-state index contributed by atoms with van der Waals surface area (Å²) in [6.45, 7) is 7.34. The first-order valence-electron chi connectivity index (χ1n) is 9.64. The van der Waals surface area contributed by atoms with Crippen LogP contribution in [0.15, 0.2) is 36.4 Å². The number of sulfonamides is 1. The molecular formula is C21H27N3O6S. The van der Waals surface area contributed by atoms with Gasteiger partial charge in [-0.05, 0) is 50.5 Å². The summed E-state index contributed by atoms with van der Waals surface area (Å²) in [5.41, 5.74) is 2.42. The minimum absolute atomic E-state index is 0.0889. The fourth-order valence-electron chi connectivity index (χ4n) is 3.09. The first kappa shape index (κ1) is 24.1. The monoisotopic (exact) mass is 449 g/mol. The van der Waals surface area contributed by atoms with Gasteiger partial charge in [0.15, 0.2) is 0 Å². The van der Waals surface area contributed by atoms with Crippen molar-refractivity contribution in [1.29, 1.82) is 0 Å². The first-order chi connectivity index (χ1) is 14.4. The Bertz CT molecular complexity index is 1080. The number of carbonyl (C=O) groups is 1. The van der Waals surface area contributed by atoms with Gasteiger partial charge in [-0.15, -0.1) is 0 Å². The molecule has 0 aliphatic carbocycles. The lowest BCUT2D eigenvalue weighted by atomic mass is 10.1. The maximum Gasteiger partial charge on any atom is 0.271 e. The van der Waals surface area contributed by atoms with Crippen molar-refractivity contribution in [3.63, 3.8) is 0 Å². The highest BCUT2D eigenvalue weighted by Crippen LogP contribution is 2.29. The second-order valence-corrected chi connectivity index (χ2v) is 9.16. The average Bonchev–Trinajstić information content (AvgIpc) is 2.68. The molecule has 0 saturated heterocycles. The van der Waals surface area contributed by atoms with Crippen LogP contribution >= 0.6 is 0 Å². The van der Waals surface area contributed by atoms with Crippen LogP contribution in [0.25, 0.3) is 0 Å². The van der Waals surface area contributed by atoms with Crippen molar-refractivity contribution in [1.82, 2.24) is 5.32 Å². The molecule has 0 saturated carbocycles. The third-order valence-corrected chi connectivity index (χ3v) is 6.17. The van der Waals surface area contributed by atoms with Crippen molar-refractivity contribution in [3.8, 4) is 5.75 Å². The van der Waals surface area contributed by atoms with E-state index in [-0.39, 0.29) is 24.5 Å². The van der Waals surface area contributed by atoms with Crippen LogP contribution in [0.3, 0.4) is 0 Å². The standard InChI is InChI=1S/C21H27N3O6S/c1-14-7-6-8-20(16(14)3)30-12-11-22-21(25)17(4)23(31(5,28)29)19-13-18(24(26)27)10-9-15(19)2/h6-10,13,17H,11-12H2,1-5H3,(H,22,25). The Morgan fingerprint density at radius 3 is 2.48 bits per heavy atom. The van der Waals surface area contributed by atoms with Gasteiger partial charge in [0.2, 0.25) is 15.9 Å². The van der Waals surface area contributed by atoms with Crippen LogP contribution in [-0.4, -0.2) is 44.7 Å². The summed E-state index contributed by atoms with van der Waals surface area (Å²) in [5, 5.41) is 13.8. The van der Waals surface area contributed by atoms with E-state index in [1.165, 1.54) is 19.1 Å². The quantitative estimate of drug-likeness (QED) is 0.357. The Hall–Kier alpha value is -3.14. The van der Waals surface area contributed by atoms with Gasteiger partial charge in [0.1, 0.15) is 18.4 Å². The molecule has 10 heteroatoms. The van der Waals surface area contributed by atoms with Crippen molar-refractivity contribution in [2.45, 2.75) is 33.7 Å². The first-order valence-corrected chi connectivity index (χ1v) is 11.5. The van der Waals surface area contributed by atoms with Crippen molar-refractivity contribution < 1.29 is 22.9 Å². The third kappa shape index (κ3) is 5.94. The minimum atomic E-state index is -3.89. The maximum atomic E-state index is 12.7. The molecule has 31 heavy (non-hydrogen) atoms. The molecule has 0 fully saturated rings. The molecule has 2 rings (SSSR count). The lowest BCUT2D eigenvalue weighted by molar-refractivity contribution is -0.384. The van der Waals surface area contributed by atoms with Gasteiger partial charge in [-0.2, -0.15) is 0 Å². The van der Waals surface area contributed by atoms with Crippen LogP contribution in [0.4, 0.5) is 11.4 Å². The summed E-state index contributed by atoms with van der Waals surface area (Å²) in [7, 11) is -3.89. The molecule has 0 spiro atoms. The molecule has 1 N–H and O–H groups in total. The number of nitrogens with one attached hydrogen (secondary N) is 1. The van der Waals surface area contributed by atoms with E-state index in [4.69, 9.17) is 4.74 Å². The zero-order valence-corrected chi connectivity index (χ0v) is 19.0. The number of nitro groups is 1. The molecule has 1 unspecified atom stereocenters. The largest absolute Gasteiger partial charge is 0.491 e. The van der Waals surface area contributed by atoms with Gasteiger partial charge < -0.3 is 10.1 Å². The molecule has 0 aromatic heterocycles. The van der Waals surface area contributed by atoms with Gasteiger partial charge in [0, 0.05) is 12.1 Å². The lowest BCUT2D eigenvalue weighted by Crippen LogP contribution is -2.48. The van der Waals surface area contributed by atoms with Crippen molar-refractivity contribution in [3.05, 3.63) is 63.2 Å². The highest BCUT2D eigenvalue weighted by Gasteiger charge is 2.31. The number of carbonyl (C=O) groups excluding carboxylic acids is 1. The third-order valence-electron chi connectivity index (χ3n) is 4.94. The fraction of sp³-hybridized carbons (Fsp3) is 0.381. The van der Waals surface area contributed by atoms with Crippen molar-refractivity contribution in [2.75, 3.05) is 23.7 Å². The van der Waals surface area contributed by atoms with Gasteiger partial charge in [0.05, 0.1) is 23.4 Å². The molecular weight excluding hydrogens is 422 g/mol. The molecule has 1 amide bonds. The van der Waals surface area contributed by atoms with Crippen LogP contribution in [0.5, 0.6) is 5.75 Å². The Kier molecular flexibility index (Phi) is 7.61. The smallest absolute Gasteiger partial charge is 0.271 e.